The minimum atomic E-state index is -1.05. The molecule has 1 nitrogen and oxygen atoms in total. The Kier molecular flexibility index (Phi) is 4.27. The molecule has 104 valence electrons. The Balaban J connectivity index is 2.04. The summed E-state index contributed by atoms with van der Waals surface area (Å²) in [5.74, 6) is 0.903. The van der Waals surface area contributed by atoms with Crippen molar-refractivity contribution < 1.29 is 0 Å². The average molecular weight is 300 g/mol. The molecule has 4 heteroatoms. The predicted octanol–water partition coefficient (Wildman–Crippen LogP) is 5.50. The summed E-state index contributed by atoms with van der Waals surface area (Å²) < 4.78 is 5.06. The monoisotopic (exact) mass is 299 g/mol. The summed E-state index contributed by atoms with van der Waals surface area (Å²) in [5, 5.41) is 0. The number of hydrogen-bond donors (Lipinski definition) is 0. The van der Waals surface area contributed by atoms with Gasteiger partial charge in [-0.2, -0.15) is 0 Å². The largest absolute Gasteiger partial charge is 0.258 e. The normalized spacial score (nSPS) is 26.4. The average Bonchev–Trinajstić information content (AvgIpc) is 2.94. The van der Waals surface area contributed by atoms with Crippen LogP contribution >= 0.6 is 8.07 Å². The van der Waals surface area contributed by atoms with E-state index in [0.717, 1.165) is 10.8 Å². The summed E-state index contributed by atoms with van der Waals surface area (Å²) >= 11 is 0. The van der Waals surface area contributed by atoms with Crippen LogP contribution in [0.4, 0.5) is 0 Å². The summed E-state index contributed by atoms with van der Waals surface area (Å²) in [6, 6.07) is 0. The molecule has 0 bridgehead atoms. The lowest BCUT2D eigenvalue weighted by molar-refractivity contribution is 0.445. The molecule has 0 N–H and O–H groups in total. The molecule has 2 rings (SSSR count). The van der Waals surface area contributed by atoms with E-state index in [1.165, 1.54) is 32.1 Å². The highest BCUT2D eigenvalue weighted by Gasteiger charge is 2.51. The first-order chi connectivity index (χ1) is 8.21. The van der Waals surface area contributed by atoms with Crippen LogP contribution in [0.2, 0.25) is 39.3 Å². The summed E-state index contributed by atoms with van der Waals surface area (Å²) in [6.07, 6.45) is 7.27. The molecule has 1 aliphatic heterocycles. The van der Waals surface area contributed by atoms with Crippen LogP contribution in [0.5, 0.6) is 0 Å². The first kappa shape index (κ1) is 14.9. The van der Waals surface area contributed by atoms with Crippen LogP contribution in [-0.4, -0.2) is 26.5 Å². The molecule has 0 spiro atoms. The molecule has 0 aromatic rings. The maximum absolute atomic E-state index is 5.06. The molecule has 1 saturated carbocycles. The fourth-order valence-corrected chi connectivity index (χ4v) is 22.8. The van der Waals surface area contributed by atoms with E-state index < -0.39 is 16.1 Å². The van der Waals surface area contributed by atoms with E-state index >= 15 is 0 Å². The van der Waals surface area contributed by atoms with Crippen molar-refractivity contribution in [1.29, 1.82) is 0 Å². The van der Waals surface area contributed by atoms with Gasteiger partial charge in [-0.3, -0.25) is 4.76 Å². The molecule has 1 aliphatic carbocycles. The van der Waals surface area contributed by atoms with Gasteiger partial charge in [-0.05, 0) is 17.7 Å². The zero-order valence-electron chi connectivity index (χ0n) is 13.1. The van der Waals surface area contributed by atoms with Crippen molar-refractivity contribution in [1.82, 2.24) is 0 Å². The van der Waals surface area contributed by atoms with E-state index in [4.69, 9.17) is 4.76 Å². The van der Waals surface area contributed by atoms with Crippen molar-refractivity contribution in [2.45, 2.75) is 76.3 Å². The zero-order valence-corrected chi connectivity index (χ0v) is 16.0. The summed E-state index contributed by atoms with van der Waals surface area (Å²) in [5.41, 5.74) is 1.71. The molecule has 18 heavy (non-hydrogen) atoms. The van der Waals surface area contributed by atoms with E-state index in [1.807, 2.05) is 0 Å². The molecule has 1 atom stereocenters. The molecular weight excluding hydrogens is 269 g/mol. The van der Waals surface area contributed by atoms with E-state index in [1.54, 1.807) is 5.45 Å². The zero-order chi connectivity index (χ0) is 13.6. The highest BCUT2D eigenvalue weighted by molar-refractivity contribution is 7.87. The maximum Gasteiger partial charge on any atom is 0.0657 e. The van der Waals surface area contributed by atoms with Gasteiger partial charge in [0.15, 0.2) is 0 Å². The number of hydrogen-bond acceptors (Lipinski definition) is 1. The van der Waals surface area contributed by atoms with E-state index in [0.29, 0.717) is 0 Å². The molecule has 0 aromatic heterocycles. The molecule has 0 amide bonds. The molecule has 0 aromatic carbocycles. The lowest BCUT2D eigenvalue weighted by Crippen LogP contribution is -2.51. The Morgan fingerprint density at radius 1 is 0.944 bits per heavy atom. The van der Waals surface area contributed by atoms with Gasteiger partial charge in [-0.25, -0.2) is 0 Å². The Labute approximate surface area is 117 Å². The van der Waals surface area contributed by atoms with Crippen LogP contribution in [0.1, 0.15) is 32.1 Å². The minimum absolute atomic E-state index is 0.0112. The van der Waals surface area contributed by atoms with Gasteiger partial charge < -0.3 is 0 Å². The highest BCUT2D eigenvalue weighted by atomic mass is 31.1. The van der Waals surface area contributed by atoms with Crippen molar-refractivity contribution in [3.05, 3.63) is 0 Å². The minimum Gasteiger partial charge on any atom is -0.258 e. The second-order valence-electron chi connectivity index (χ2n) is 8.27. The van der Waals surface area contributed by atoms with Crippen LogP contribution in [0, 0.1) is 5.92 Å². The fourth-order valence-electron chi connectivity index (χ4n) is 3.94. The SMILES string of the molecule is C[Si](C)(C)C(P1N=C1C1CCCCC1)[Si](C)(C)C. The summed E-state index contributed by atoms with van der Waals surface area (Å²) in [4.78, 5) is 1.02. The van der Waals surface area contributed by atoms with Gasteiger partial charge in [0, 0.05) is 5.92 Å². The second kappa shape index (κ2) is 5.14. The third-order valence-corrected chi connectivity index (χ3v) is 20.5. The summed E-state index contributed by atoms with van der Waals surface area (Å²) in [7, 11) is -2.12. The maximum atomic E-state index is 5.06. The number of nitrogens with zero attached hydrogens (tertiary/aromatic N) is 1. The summed E-state index contributed by atoms with van der Waals surface area (Å²) in [6.45, 7) is 15.4. The van der Waals surface area contributed by atoms with Gasteiger partial charge >= 0.3 is 0 Å². The third-order valence-electron chi connectivity index (χ3n) is 4.26. The van der Waals surface area contributed by atoms with E-state index in [2.05, 4.69) is 39.3 Å². The number of rotatable bonds is 4. The van der Waals surface area contributed by atoms with Gasteiger partial charge in [0.05, 0.1) is 29.7 Å². The van der Waals surface area contributed by atoms with E-state index in [-0.39, 0.29) is 8.07 Å². The molecule has 0 saturated heterocycles. The molecule has 2 aliphatic rings. The van der Waals surface area contributed by atoms with Crippen LogP contribution in [0.15, 0.2) is 4.76 Å². The van der Waals surface area contributed by atoms with Gasteiger partial charge in [0.25, 0.3) is 0 Å². The molecule has 1 unspecified atom stereocenters. The predicted molar refractivity (Wildman–Crippen MR) is 91.4 cm³/mol. The molecule has 1 fully saturated rings. The Hall–Kier alpha value is 0.534. The lowest BCUT2D eigenvalue weighted by atomic mass is 9.90. The van der Waals surface area contributed by atoms with Gasteiger partial charge in [0.2, 0.25) is 0 Å². The topological polar surface area (TPSA) is 12.4 Å². The van der Waals surface area contributed by atoms with Crippen molar-refractivity contribution in [2.75, 3.05) is 0 Å². The third kappa shape index (κ3) is 3.35. The van der Waals surface area contributed by atoms with Gasteiger partial charge in [-0.1, -0.05) is 58.5 Å². The molecule has 1 heterocycles. The Morgan fingerprint density at radius 3 is 1.89 bits per heavy atom. The van der Waals surface area contributed by atoms with Crippen LogP contribution < -0.4 is 0 Å². The molecular formula is C14H30NPSi2. The highest BCUT2D eigenvalue weighted by Crippen LogP contribution is 2.65. The second-order valence-corrected chi connectivity index (χ2v) is 22.3. The standard InChI is InChI=1S/C14H30NPSi2/c1-17(2,3)14(18(4,5)6)16-13(15-16)12-10-8-7-9-11-12/h12,14H,7-11H2,1-6H3. The van der Waals surface area contributed by atoms with Crippen molar-refractivity contribution in [2.24, 2.45) is 10.7 Å². The smallest absolute Gasteiger partial charge is 0.0657 e. The van der Waals surface area contributed by atoms with Crippen LogP contribution in [0.25, 0.3) is 0 Å². The lowest BCUT2D eigenvalue weighted by Gasteiger charge is -2.38. The van der Waals surface area contributed by atoms with Crippen LogP contribution in [-0.2, 0) is 0 Å². The van der Waals surface area contributed by atoms with Crippen molar-refractivity contribution in [3.63, 3.8) is 0 Å². The van der Waals surface area contributed by atoms with Crippen molar-refractivity contribution in [3.8, 4) is 0 Å². The van der Waals surface area contributed by atoms with Crippen LogP contribution in [0.3, 0.4) is 0 Å². The Morgan fingerprint density at radius 2 is 1.44 bits per heavy atom. The van der Waals surface area contributed by atoms with E-state index in [9.17, 15) is 0 Å². The van der Waals surface area contributed by atoms with Crippen molar-refractivity contribution >= 4 is 29.7 Å². The quantitative estimate of drug-likeness (QED) is 0.480. The molecule has 0 radical (unpaired) electrons. The Bertz CT molecular complexity index is 321. The van der Waals surface area contributed by atoms with Gasteiger partial charge in [-0.15, -0.1) is 0 Å². The van der Waals surface area contributed by atoms with Gasteiger partial charge in [0.1, 0.15) is 0 Å². The fraction of sp³-hybridized carbons (Fsp3) is 0.929. The first-order valence-electron chi connectivity index (χ1n) is 7.59. The first-order valence-corrected chi connectivity index (χ1v) is 16.1.